The predicted octanol–water partition coefficient (Wildman–Crippen LogP) is 2.68. The zero-order chi connectivity index (χ0) is 19.5. The highest BCUT2D eigenvalue weighted by atomic mass is 16.2. The fourth-order valence-electron chi connectivity index (χ4n) is 3.76. The van der Waals surface area contributed by atoms with Crippen molar-refractivity contribution in [2.24, 2.45) is 13.0 Å². The molecule has 7 nitrogen and oxygen atoms in total. The molecule has 1 aliphatic rings. The minimum Gasteiger partial charge on any atom is -0.338 e. The zero-order valence-electron chi connectivity index (χ0n) is 16.2. The third-order valence-electron chi connectivity index (χ3n) is 5.40. The van der Waals surface area contributed by atoms with Gasteiger partial charge >= 0.3 is 0 Å². The Morgan fingerprint density at radius 2 is 2.00 bits per heavy atom. The molecule has 3 aromatic heterocycles. The number of hydrogen-bond acceptors (Lipinski definition) is 5. The molecule has 144 valence electrons. The van der Waals surface area contributed by atoms with Crippen molar-refractivity contribution in [1.29, 1.82) is 0 Å². The normalized spacial score (nSPS) is 16.9. The van der Waals surface area contributed by atoms with Crippen LogP contribution in [0.3, 0.4) is 0 Å². The minimum atomic E-state index is 0.0808. The quantitative estimate of drug-likeness (QED) is 0.700. The lowest BCUT2D eigenvalue weighted by molar-refractivity contribution is 0.0672. The lowest BCUT2D eigenvalue weighted by Gasteiger charge is -2.32. The zero-order valence-corrected chi connectivity index (χ0v) is 16.2. The smallest absolute Gasteiger partial charge is 0.253 e. The lowest BCUT2D eigenvalue weighted by atomic mass is 9.93. The topological polar surface area (TPSA) is 76.8 Å². The van der Waals surface area contributed by atoms with Gasteiger partial charge in [0.25, 0.3) is 5.91 Å². The number of aromatic nitrogens is 5. The van der Waals surface area contributed by atoms with Crippen LogP contribution in [0.15, 0.2) is 43.1 Å². The molecule has 0 saturated carbocycles. The van der Waals surface area contributed by atoms with Gasteiger partial charge in [-0.25, -0.2) is 9.97 Å². The molecule has 0 N–H and O–H groups in total. The van der Waals surface area contributed by atoms with Gasteiger partial charge in [-0.1, -0.05) is 0 Å². The van der Waals surface area contributed by atoms with Crippen molar-refractivity contribution in [3.63, 3.8) is 0 Å². The Balaban J connectivity index is 1.46. The van der Waals surface area contributed by atoms with Crippen LogP contribution in [0.4, 0.5) is 0 Å². The van der Waals surface area contributed by atoms with E-state index in [-0.39, 0.29) is 5.91 Å². The lowest BCUT2D eigenvalue weighted by Crippen LogP contribution is -2.40. The first-order valence-electron chi connectivity index (χ1n) is 9.60. The van der Waals surface area contributed by atoms with Gasteiger partial charge in [-0.05, 0) is 44.2 Å². The van der Waals surface area contributed by atoms with E-state index in [1.807, 2.05) is 35.8 Å². The summed E-state index contributed by atoms with van der Waals surface area (Å²) in [4.78, 5) is 32.2. The molecule has 1 saturated heterocycles. The van der Waals surface area contributed by atoms with Crippen LogP contribution in [0, 0.1) is 12.8 Å². The number of piperidine rings is 1. The summed E-state index contributed by atoms with van der Waals surface area (Å²) in [5.41, 5.74) is 3.45. The van der Waals surface area contributed by atoms with Gasteiger partial charge in [0.2, 0.25) is 0 Å². The van der Waals surface area contributed by atoms with Gasteiger partial charge in [0, 0.05) is 44.3 Å². The number of amides is 1. The maximum Gasteiger partial charge on any atom is 0.253 e. The molecule has 28 heavy (non-hydrogen) atoms. The second kappa shape index (κ2) is 7.88. The second-order valence-electron chi connectivity index (χ2n) is 7.34. The monoisotopic (exact) mass is 376 g/mol. The standard InChI is InChI=1S/C21H24N6O/c1-15-24-13-20(26(15)2)19-12-23-11-18(25-19)10-16-4-3-9-27(14-16)21(28)17-5-7-22-8-6-17/h5-8,11-13,16H,3-4,9-10,14H2,1-2H3. The van der Waals surface area contributed by atoms with Crippen LogP contribution >= 0.6 is 0 Å². The van der Waals surface area contributed by atoms with Crippen LogP contribution in [0.5, 0.6) is 0 Å². The summed E-state index contributed by atoms with van der Waals surface area (Å²) in [6.07, 6.45) is 11.7. The number of pyridine rings is 1. The molecule has 0 spiro atoms. The SMILES string of the molecule is Cc1ncc(-c2cncc(CC3CCCN(C(=O)c4ccncc4)C3)n2)n1C. The Hall–Kier alpha value is -3.09. The van der Waals surface area contributed by atoms with Crippen LogP contribution in [-0.4, -0.2) is 48.4 Å². The summed E-state index contributed by atoms with van der Waals surface area (Å²) >= 11 is 0. The highest BCUT2D eigenvalue weighted by Crippen LogP contribution is 2.23. The predicted molar refractivity (Wildman–Crippen MR) is 106 cm³/mol. The largest absolute Gasteiger partial charge is 0.338 e. The maximum absolute atomic E-state index is 12.7. The van der Waals surface area contributed by atoms with Gasteiger partial charge in [0.15, 0.2) is 0 Å². The van der Waals surface area contributed by atoms with E-state index in [0.29, 0.717) is 11.5 Å². The van der Waals surface area contributed by atoms with Gasteiger partial charge in [-0.15, -0.1) is 0 Å². The van der Waals surface area contributed by atoms with Crippen molar-refractivity contribution in [3.8, 4) is 11.4 Å². The molecule has 1 atom stereocenters. The summed E-state index contributed by atoms with van der Waals surface area (Å²) in [5, 5.41) is 0. The summed E-state index contributed by atoms with van der Waals surface area (Å²) < 4.78 is 2.02. The molecule has 1 fully saturated rings. The highest BCUT2D eigenvalue weighted by molar-refractivity contribution is 5.94. The first kappa shape index (κ1) is 18.3. The first-order valence-corrected chi connectivity index (χ1v) is 9.60. The number of likely N-dealkylation sites (tertiary alicyclic amines) is 1. The van der Waals surface area contributed by atoms with E-state index in [9.17, 15) is 4.79 Å². The Morgan fingerprint density at radius 3 is 2.75 bits per heavy atom. The number of rotatable bonds is 4. The summed E-state index contributed by atoms with van der Waals surface area (Å²) in [5.74, 6) is 1.41. The number of aryl methyl sites for hydroxylation is 1. The molecule has 1 unspecified atom stereocenters. The summed E-state index contributed by atoms with van der Waals surface area (Å²) in [6.45, 7) is 3.52. The molecule has 0 radical (unpaired) electrons. The molecule has 0 bridgehead atoms. The van der Waals surface area contributed by atoms with E-state index >= 15 is 0 Å². The fourth-order valence-corrected chi connectivity index (χ4v) is 3.76. The fraction of sp³-hybridized carbons (Fsp3) is 0.381. The van der Waals surface area contributed by atoms with E-state index in [0.717, 1.165) is 55.3 Å². The van der Waals surface area contributed by atoms with Gasteiger partial charge in [0.05, 0.1) is 23.8 Å². The third kappa shape index (κ3) is 3.78. The van der Waals surface area contributed by atoms with E-state index < -0.39 is 0 Å². The number of hydrogen-bond donors (Lipinski definition) is 0. The molecule has 0 aromatic carbocycles. The maximum atomic E-state index is 12.7. The Kier molecular flexibility index (Phi) is 5.14. The molecule has 7 heteroatoms. The van der Waals surface area contributed by atoms with Crippen LogP contribution in [0.25, 0.3) is 11.4 Å². The molecule has 4 rings (SSSR count). The molecule has 3 aromatic rings. The van der Waals surface area contributed by atoms with Crippen molar-refractivity contribution in [2.45, 2.75) is 26.2 Å². The highest BCUT2D eigenvalue weighted by Gasteiger charge is 2.25. The van der Waals surface area contributed by atoms with E-state index in [2.05, 4.69) is 15.0 Å². The van der Waals surface area contributed by atoms with Crippen LogP contribution in [0.1, 0.15) is 34.7 Å². The van der Waals surface area contributed by atoms with Gasteiger partial charge in [-0.2, -0.15) is 0 Å². The van der Waals surface area contributed by atoms with Gasteiger partial charge < -0.3 is 9.47 Å². The van der Waals surface area contributed by atoms with Gasteiger partial charge in [0.1, 0.15) is 11.5 Å². The van der Waals surface area contributed by atoms with Crippen LogP contribution < -0.4 is 0 Å². The van der Waals surface area contributed by atoms with Crippen molar-refractivity contribution in [1.82, 2.24) is 29.4 Å². The summed E-state index contributed by atoms with van der Waals surface area (Å²) in [6, 6.07) is 3.55. The molecule has 1 amide bonds. The minimum absolute atomic E-state index is 0.0808. The molecule has 4 heterocycles. The van der Waals surface area contributed by atoms with Crippen LogP contribution in [-0.2, 0) is 13.5 Å². The molecule has 1 aliphatic heterocycles. The first-order chi connectivity index (χ1) is 13.6. The molecular weight excluding hydrogens is 352 g/mol. The number of carbonyl (C=O) groups is 1. The second-order valence-corrected chi connectivity index (χ2v) is 7.34. The van der Waals surface area contributed by atoms with Crippen LogP contribution in [0.2, 0.25) is 0 Å². The van der Waals surface area contributed by atoms with Crippen molar-refractivity contribution in [3.05, 3.63) is 60.2 Å². The molecule has 0 aliphatic carbocycles. The average Bonchev–Trinajstić information content (AvgIpc) is 3.07. The van der Waals surface area contributed by atoms with Crippen molar-refractivity contribution < 1.29 is 4.79 Å². The number of imidazole rings is 1. The van der Waals surface area contributed by atoms with Crippen molar-refractivity contribution in [2.75, 3.05) is 13.1 Å². The van der Waals surface area contributed by atoms with E-state index in [4.69, 9.17) is 4.98 Å². The van der Waals surface area contributed by atoms with Crippen molar-refractivity contribution >= 4 is 5.91 Å². The third-order valence-corrected chi connectivity index (χ3v) is 5.40. The Labute approximate surface area is 164 Å². The Bertz CT molecular complexity index is 968. The van der Waals surface area contributed by atoms with Gasteiger partial charge in [-0.3, -0.25) is 14.8 Å². The summed E-state index contributed by atoms with van der Waals surface area (Å²) in [7, 11) is 1.98. The van der Waals surface area contributed by atoms with E-state index in [1.54, 1.807) is 30.7 Å². The van der Waals surface area contributed by atoms with E-state index in [1.165, 1.54) is 0 Å². The average molecular weight is 376 g/mol. The number of nitrogens with zero attached hydrogens (tertiary/aromatic N) is 6. The number of carbonyl (C=O) groups excluding carboxylic acids is 1. The Morgan fingerprint density at radius 1 is 1.18 bits per heavy atom. The molecular formula is C21H24N6O.